The molecule has 0 fully saturated rings. The second kappa shape index (κ2) is 14.5. The molecule has 0 aromatic heterocycles. The van der Waals surface area contributed by atoms with Crippen LogP contribution in [-0.2, 0) is 16.0 Å². The lowest BCUT2D eigenvalue weighted by Gasteiger charge is -2.45. The summed E-state index contributed by atoms with van der Waals surface area (Å²) in [5.41, 5.74) is 5.69. The quantitative estimate of drug-likeness (QED) is 0.289. The average Bonchev–Trinajstić information content (AvgIpc) is 2.83. The maximum atomic E-state index is 14.4. The number of carbonyl (C=O) groups is 2. The summed E-state index contributed by atoms with van der Waals surface area (Å²) < 4.78 is 28.4. The minimum absolute atomic E-state index is 0.00789. The molecule has 1 aliphatic rings. The second-order valence-corrected chi connectivity index (χ2v) is 11.0. The van der Waals surface area contributed by atoms with Crippen LogP contribution in [0.5, 0.6) is 0 Å². The summed E-state index contributed by atoms with van der Waals surface area (Å²) in [5, 5.41) is 14.9. The third-order valence-electron chi connectivity index (χ3n) is 7.12. The van der Waals surface area contributed by atoms with Crippen LogP contribution in [0.15, 0.2) is 41.5 Å². The first-order valence-electron chi connectivity index (χ1n) is 13.8. The van der Waals surface area contributed by atoms with E-state index in [0.29, 0.717) is 42.3 Å². The Labute approximate surface area is 226 Å². The molecule has 1 aromatic rings. The maximum Gasteiger partial charge on any atom is 0.244 e. The first-order valence-corrected chi connectivity index (χ1v) is 13.8. The molecule has 0 saturated heterocycles. The van der Waals surface area contributed by atoms with Gasteiger partial charge in [0.1, 0.15) is 11.6 Å². The topological polar surface area (TPSA) is 95.7 Å². The number of carbonyl (C=O) groups excluding carboxylic acids is 2. The van der Waals surface area contributed by atoms with Gasteiger partial charge in [0.25, 0.3) is 0 Å². The molecule has 4 N–H and O–H groups in total. The van der Waals surface area contributed by atoms with Crippen LogP contribution < -0.4 is 11.1 Å². The van der Waals surface area contributed by atoms with E-state index < -0.39 is 35.0 Å². The summed E-state index contributed by atoms with van der Waals surface area (Å²) in [5.74, 6) is -2.60. The zero-order valence-electron chi connectivity index (χ0n) is 23.5. The Hall–Kier alpha value is -2.58. The minimum Gasteiger partial charge on any atom is -0.391 e. The molecule has 1 unspecified atom stereocenters. The number of hydrogen-bond donors (Lipinski definition) is 3. The van der Waals surface area contributed by atoms with E-state index in [9.17, 15) is 23.5 Å². The number of rotatable bonds is 15. The van der Waals surface area contributed by atoms with Gasteiger partial charge in [0.2, 0.25) is 11.8 Å². The van der Waals surface area contributed by atoms with Crippen LogP contribution in [0, 0.1) is 28.9 Å². The summed E-state index contributed by atoms with van der Waals surface area (Å²) in [6, 6.07) is 3.26. The molecule has 2 rings (SSSR count). The Morgan fingerprint density at radius 2 is 1.74 bits per heavy atom. The van der Waals surface area contributed by atoms with Crippen molar-refractivity contribution in [3.8, 4) is 0 Å². The van der Waals surface area contributed by atoms with E-state index in [-0.39, 0.29) is 25.3 Å². The van der Waals surface area contributed by atoms with Crippen LogP contribution in [0.25, 0.3) is 0 Å². The summed E-state index contributed by atoms with van der Waals surface area (Å²) in [6.45, 7) is 11.9. The first-order chi connectivity index (χ1) is 17.9. The molecular formula is C30H45F2N3O3. The zero-order valence-corrected chi connectivity index (χ0v) is 23.5. The number of allylic oxidation sites excluding steroid dienone is 2. The van der Waals surface area contributed by atoms with Gasteiger partial charge in [-0.3, -0.25) is 9.59 Å². The van der Waals surface area contributed by atoms with Crippen molar-refractivity contribution in [1.82, 2.24) is 10.2 Å². The van der Waals surface area contributed by atoms with Gasteiger partial charge in [-0.2, -0.15) is 0 Å². The predicted octanol–water partition coefficient (Wildman–Crippen LogP) is 4.52. The van der Waals surface area contributed by atoms with Crippen LogP contribution in [0.4, 0.5) is 8.78 Å². The van der Waals surface area contributed by atoms with Gasteiger partial charge in [-0.1, -0.05) is 45.4 Å². The molecule has 1 aromatic carbocycles. The van der Waals surface area contributed by atoms with E-state index in [2.05, 4.69) is 19.2 Å². The third-order valence-corrected chi connectivity index (χ3v) is 7.12. The third kappa shape index (κ3) is 8.46. The van der Waals surface area contributed by atoms with E-state index in [1.165, 1.54) is 12.1 Å². The Morgan fingerprint density at radius 1 is 1.13 bits per heavy atom. The second-order valence-electron chi connectivity index (χ2n) is 11.0. The van der Waals surface area contributed by atoms with Crippen molar-refractivity contribution < 1.29 is 23.5 Å². The van der Waals surface area contributed by atoms with Gasteiger partial charge in [-0.15, -0.1) is 0 Å². The molecular weight excluding hydrogens is 488 g/mol. The number of aliphatic hydroxyl groups is 1. The van der Waals surface area contributed by atoms with Gasteiger partial charge in [0, 0.05) is 37.2 Å². The minimum atomic E-state index is -1.32. The molecule has 0 bridgehead atoms. The molecule has 0 saturated carbocycles. The van der Waals surface area contributed by atoms with Gasteiger partial charge >= 0.3 is 0 Å². The Bertz CT molecular complexity index is 998. The highest BCUT2D eigenvalue weighted by atomic mass is 19.1. The van der Waals surface area contributed by atoms with Crippen molar-refractivity contribution in [2.75, 3.05) is 26.2 Å². The summed E-state index contributed by atoms with van der Waals surface area (Å²) >= 11 is 0. The number of hydrogen-bond acceptors (Lipinski definition) is 4. The lowest BCUT2D eigenvalue weighted by atomic mass is 9.63. The fourth-order valence-corrected chi connectivity index (χ4v) is 5.41. The maximum absolute atomic E-state index is 14.4. The molecule has 0 spiro atoms. The molecule has 3 atom stereocenters. The van der Waals surface area contributed by atoms with Gasteiger partial charge in [0.15, 0.2) is 0 Å². The van der Waals surface area contributed by atoms with E-state index in [4.69, 9.17) is 5.73 Å². The molecule has 1 aliphatic carbocycles. The largest absolute Gasteiger partial charge is 0.391 e. The number of nitrogens with one attached hydrogen (secondary N) is 1. The zero-order chi connectivity index (χ0) is 28.5. The smallest absolute Gasteiger partial charge is 0.244 e. The van der Waals surface area contributed by atoms with E-state index in [1.54, 1.807) is 17.9 Å². The molecule has 0 heterocycles. The van der Waals surface area contributed by atoms with Gasteiger partial charge in [-0.25, -0.2) is 8.78 Å². The number of nitrogens with two attached hydrogens (primary N) is 1. The fourth-order valence-electron chi connectivity index (χ4n) is 5.41. The molecule has 212 valence electrons. The number of primary amides is 1. The van der Waals surface area contributed by atoms with Crippen LogP contribution in [-0.4, -0.2) is 54.1 Å². The highest BCUT2D eigenvalue weighted by Crippen LogP contribution is 2.45. The van der Waals surface area contributed by atoms with E-state index in [1.807, 2.05) is 19.9 Å². The Kier molecular flexibility index (Phi) is 12.1. The van der Waals surface area contributed by atoms with Crippen molar-refractivity contribution in [2.24, 2.45) is 23.0 Å². The van der Waals surface area contributed by atoms with Crippen molar-refractivity contribution in [3.63, 3.8) is 0 Å². The lowest BCUT2D eigenvalue weighted by Crippen LogP contribution is -2.54. The van der Waals surface area contributed by atoms with Crippen LogP contribution in [0.3, 0.4) is 0 Å². The molecule has 6 nitrogen and oxygen atoms in total. The highest BCUT2D eigenvalue weighted by molar-refractivity contribution is 5.96. The Balaban J connectivity index is 2.65. The molecule has 8 heteroatoms. The van der Waals surface area contributed by atoms with Crippen molar-refractivity contribution in [3.05, 3.63) is 58.7 Å². The number of aliphatic hydroxyl groups excluding tert-OH is 1. The van der Waals surface area contributed by atoms with Gasteiger partial charge in [-0.05, 0) is 69.2 Å². The van der Waals surface area contributed by atoms with Crippen LogP contribution in [0.2, 0.25) is 0 Å². The Morgan fingerprint density at radius 3 is 2.26 bits per heavy atom. The number of benzene rings is 1. The molecule has 2 amide bonds. The van der Waals surface area contributed by atoms with E-state index >= 15 is 0 Å². The standard InChI is InChI=1S/C30H45F2N3O3/c1-6-10-35(11-7-2)29(38)30(17-21(5)12-23(18-30)28(33)37)26(27(36)19-34-9-8-20(3)4)15-22-13-24(31)16-25(32)14-22/h12-14,16-17,20,26-27,34,36H,6-11,15,18-19H2,1-5H3,(H2,33,37)/t26-,27+,30?/m1/s1. The first kappa shape index (κ1) is 31.6. The summed E-state index contributed by atoms with van der Waals surface area (Å²) in [7, 11) is 0. The van der Waals surface area contributed by atoms with E-state index in [0.717, 1.165) is 25.3 Å². The number of halogens is 2. The van der Waals surface area contributed by atoms with Gasteiger partial charge < -0.3 is 21.1 Å². The molecule has 0 radical (unpaired) electrons. The SMILES string of the molecule is CCCN(CCC)C(=O)C1([C@H](Cc2cc(F)cc(F)c2)[C@@H](O)CNCCC(C)C)C=C(C)C=C(C(N)=O)C1. The van der Waals surface area contributed by atoms with Crippen molar-refractivity contribution in [1.29, 1.82) is 0 Å². The highest BCUT2D eigenvalue weighted by Gasteiger charge is 2.50. The molecule has 0 aliphatic heterocycles. The monoisotopic (exact) mass is 533 g/mol. The fraction of sp³-hybridized carbons (Fsp3) is 0.600. The van der Waals surface area contributed by atoms with Crippen molar-refractivity contribution >= 4 is 11.8 Å². The van der Waals surface area contributed by atoms with Crippen LogP contribution >= 0.6 is 0 Å². The lowest BCUT2D eigenvalue weighted by molar-refractivity contribution is -0.145. The number of nitrogens with zero attached hydrogens (tertiary/aromatic N) is 1. The summed E-state index contributed by atoms with van der Waals surface area (Å²) in [4.78, 5) is 28.6. The molecule has 38 heavy (non-hydrogen) atoms. The van der Waals surface area contributed by atoms with Crippen LogP contribution in [0.1, 0.15) is 65.9 Å². The normalized spacial score (nSPS) is 19.1. The van der Waals surface area contributed by atoms with Gasteiger partial charge in [0.05, 0.1) is 11.5 Å². The van der Waals surface area contributed by atoms with Crippen molar-refractivity contribution in [2.45, 2.75) is 72.8 Å². The summed E-state index contributed by atoms with van der Waals surface area (Å²) in [6.07, 6.45) is 4.87. The average molecular weight is 534 g/mol. The predicted molar refractivity (Wildman–Crippen MR) is 147 cm³/mol. The number of amides is 2.